The van der Waals surface area contributed by atoms with Gasteiger partial charge in [-0.15, -0.1) is 0 Å². The summed E-state index contributed by atoms with van der Waals surface area (Å²) in [7, 11) is 1.59. The van der Waals surface area contributed by atoms with Gasteiger partial charge < -0.3 is 9.84 Å². The second kappa shape index (κ2) is 7.85. The van der Waals surface area contributed by atoms with E-state index in [1.807, 2.05) is 42.5 Å². The maximum absolute atomic E-state index is 12.0. The van der Waals surface area contributed by atoms with Crippen LogP contribution in [0.3, 0.4) is 0 Å². The van der Waals surface area contributed by atoms with Crippen LogP contribution in [-0.2, 0) is 0 Å². The van der Waals surface area contributed by atoms with Gasteiger partial charge >= 0.3 is 0 Å². The molecule has 0 atom stereocenters. The lowest BCUT2D eigenvalue weighted by atomic mass is 10.0. The van der Waals surface area contributed by atoms with Crippen molar-refractivity contribution in [3.63, 3.8) is 0 Å². The SMILES string of the molecule is COc1ccc(-c2cc(=O)[nH]c(N/N=C\c3c(O)ccc4ccccc34)n2)cc1. The van der Waals surface area contributed by atoms with Gasteiger partial charge in [0, 0.05) is 17.2 Å². The van der Waals surface area contributed by atoms with E-state index in [0.29, 0.717) is 11.3 Å². The number of anilines is 1. The average molecular weight is 386 g/mol. The number of phenols is 1. The van der Waals surface area contributed by atoms with E-state index in [-0.39, 0.29) is 17.3 Å². The largest absolute Gasteiger partial charge is 0.507 e. The molecule has 0 radical (unpaired) electrons. The van der Waals surface area contributed by atoms with Gasteiger partial charge in [0.25, 0.3) is 5.56 Å². The summed E-state index contributed by atoms with van der Waals surface area (Å²) in [5.41, 5.74) is 4.27. The molecule has 0 spiro atoms. The topological polar surface area (TPSA) is 99.6 Å². The van der Waals surface area contributed by atoms with Crippen LogP contribution >= 0.6 is 0 Å². The van der Waals surface area contributed by atoms with E-state index in [2.05, 4.69) is 20.5 Å². The predicted molar refractivity (Wildman–Crippen MR) is 114 cm³/mol. The summed E-state index contributed by atoms with van der Waals surface area (Å²) < 4.78 is 5.15. The fourth-order valence-corrected chi connectivity index (χ4v) is 3.00. The first-order chi connectivity index (χ1) is 14.1. The van der Waals surface area contributed by atoms with Crippen LogP contribution in [0.2, 0.25) is 0 Å². The summed E-state index contributed by atoms with van der Waals surface area (Å²) in [6.07, 6.45) is 1.50. The Morgan fingerprint density at radius 1 is 1.10 bits per heavy atom. The Morgan fingerprint density at radius 3 is 2.69 bits per heavy atom. The van der Waals surface area contributed by atoms with E-state index in [4.69, 9.17) is 4.74 Å². The smallest absolute Gasteiger partial charge is 0.252 e. The highest BCUT2D eigenvalue weighted by Crippen LogP contribution is 2.25. The third-order valence-corrected chi connectivity index (χ3v) is 4.44. The molecule has 0 saturated carbocycles. The summed E-state index contributed by atoms with van der Waals surface area (Å²) in [5.74, 6) is 1.03. The van der Waals surface area contributed by atoms with Crippen molar-refractivity contribution in [1.82, 2.24) is 9.97 Å². The number of aromatic hydroxyl groups is 1. The van der Waals surface area contributed by atoms with Gasteiger partial charge in [-0.1, -0.05) is 30.3 Å². The molecule has 7 nitrogen and oxygen atoms in total. The third-order valence-electron chi connectivity index (χ3n) is 4.44. The molecule has 0 amide bonds. The molecule has 0 aliphatic heterocycles. The average Bonchev–Trinajstić information content (AvgIpc) is 2.75. The van der Waals surface area contributed by atoms with Crippen LogP contribution in [0.1, 0.15) is 5.56 Å². The predicted octanol–water partition coefficient (Wildman–Crippen LogP) is 3.75. The molecular weight excluding hydrogens is 368 g/mol. The Balaban J connectivity index is 1.61. The molecule has 1 aromatic heterocycles. The Morgan fingerprint density at radius 2 is 1.90 bits per heavy atom. The number of fused-ring (bicyclic) bond motifs is 1. The van der Waals surface area contributed by atoms with Crippen molar-refractivity contribution in [2.24, 2.45) is 5.10 Å². The van der Waals surface area contributed by atoms with Crippen molar-refractivity contribution >= 4 is 22.9 Å². The number of ether oxygens (including phenoxy) is 1. The minimum Gasteiger partial charge on any atom is -0.507 e. The Hall–Kier alpha value is -4.13. The highest BCUT2D eigenvalue weighted by molar-refractivity contribution is 6.02. The number of hydrogen-bond donors (Lipinski definition) is 3. The minimum absolute atomic E-state index is 0.114. The van der Waals surface area contributed by atoms with E-state index in [9.17, 15) is 9.90 Å². The summed E-state index contributed by atoms with van der Waals surface area (Å²) in [4.78, 5) is 19.0. The van der Waals surface area contributed by atoms with Crippen LogP contribution < -0.4 is 15.7 Å². The third kappa shape index (κ3) is 3.93. The number of benzene rings is 3. The summed E-state index contributed by atoms with van der Waals surface area (Å²) >= 11 is 0. The molecule has 0 fully saturated rings. The van der Waals surface area contributed by atoms with Crippen molar-refractivity contribution in [2.75, 3.05) is 12.5 Å². The van der Waals surface area contributed by atoms with Crippen molar-refractivity contribution in [1.29, 1.82) is 0 Å². The quantitative estimate of drug-likeness (QED) is 0.358. The summed E-state index contributed by atoms with van der Waals surface area (Å²) in [6.45, 7) is 0. The zero-order chi connectivity index (χ0) is 20.2. The second-order valence-corrected chi connectivity index (χ2v) is 6.30. The number of aromatic amines is 1. The molecule has 4 rings (SSSR count). The van der Waals surface area contributed by atoms with Gasteiger partial charge in [-0.2, -0.15) is 5.10 Å². The van der Waals surface area contributed by atoms with Crippen LogP contribution in [0.4, 0.5) is 5.95 Å². The number of aromatic nitrogens is 2. The van der Waals surface area contributed by atoms with E-state index < -0.39 is 0 Å². The molecule has 7 heteroatoms. The van der Waals surface area contributed by atoms with Crippen LogP contribution in [0.15, 0.2) is 76.6 Å². The normalized spacial score (nSPS) is 11.1. The van der Waals surface area contributed by atoms with Crippen molar-refractivity contribution in [2.45, 2.75) is 0 Å². The maximum Gasteiger partial charge on any atom is 0.252 e. The molecule has 0 aliphatic rings. The first-order valence-corrected chi connectivity index (χ1v) is 8.89. The summed E-state index contributed by atoms with van der Waals surface area (Å²) in [6, 6.07) is 19.8. The molecule has 4 aromatic rings. The number of nitrogens with zero attached hydrogens (tertiary/aromatic N) is 2. The number of hydrogen-bond acceptors (Lipinski definition) is 6. The Kier molecular flexibility index (Phi) is 4.94. The van der Waals surface area contributed by atoms with E-state index in [1.54, 1.807) is 25.3 Å². The van der Waals surface area contributed by atoms with Crippen molar-refractivity contribution in [3.8, 4) is 22.8 Å². The van der Waals surface area contributed by atoms with Gasteiger partial charge in [0.15, 0.2) is 0 Å². The van der Waals surface area contributed by atoms with Crippen LogP contribution in [-0.4, -0.2) is 28.4 Å². The molecule has 0 unspecified atom stereocenters. The number of rotatable bonds is 5. The van der Waals surface area contributed by atoms with Crippen LogP contribution in [0.5, 0.6) is 11.5 Å². The van der Waals surface area contributed by atoms with E-state index in [0.717, 1.165) is 22.1 Å². The Labute approximate surface area is 166 Å². The standard InChI is InChI=1S/C22H18N4O3/c1-29-16-9-6-15(7-10-16)19-12-21(28)25-22(24-19)26-23-13-18-17-5-3-2-4-14(17)8-11-20(18)27/h2-13,27H,1H3,(H2,24,25,26,28)/b23-13-. The van der Waals surface area contributed by atoms with Gasteiger partial charge in [-0.3, -0.25) is 9.78 Å². The van der Waals surface area contributed by atoms with E-state index in [1.165, 1.54) is 12.3 Å². The maximum atomic E-state index is 12.0. The minimum atomic E-state index is -0.309. The van der Waals surface area contributed by atoms with E-state index >= 15 is 0 Å². The second-order valence-electron chi connectivity index (χ2n) is 6.30. The molecule has 3 N–H and O–H groups in total. The highest BCUT2D eigenvalue weighted by Gasteiger charge is 2.06. The van der Waals surface area contributed by atoms with Gasteiger partial charge in [-0.25, -0.2) is 10.4 Å². The van der Waals surface area contributed by atoms with Gasteiger partial charge in [0.1, 0.15) is 11.5 Å². The fraction of sp³-hybridized carbons (Fsp3) is 0.0455. The first kappa shape index (κ1) is 18.2. The van der Waals surface area contributed by atoms with Gasteiger partial charge in [0.2, 0.25) is 5.95 Å². The number of nitrogens with one attached hydrogen (secondary N) is 2. The molecule has 1 heterocycles. The van der Waals surface area contributed by atoms with Crippen LogP contribution in [0.25, 0.3) is 22.0 Å². The molecular formula is C22H18N4O3. The Bertz CT molecular complexity index is 1250. The fourth-order valence-electron chi connectivity index (χ4n) is 3.00. The lowest BCUT2D eigenvalue weighted by Crippen LogP contribution is -2.10. The lowest BCUT2D eigenvalue weighted by molar-refractivity contribution is 0.415. The number of phenolic OH excluding ortho intramolecular Hbond substituents is 1. The number of methoxy groups -OCH3 is 1. The first-order valence-electron chi connectivity index (χ1n) is 8.89. The lowest BCUT2D eigenvalue weighted by Gasteiger charge is -2.06. The van der Waals surface area contributed by atoms with Gasteiger partial charge in [0.05, 0.1) is 19.0 Å². The van der Waals surface area contributed by atoms with Crippen molar-refractivity contribution in [3.05, 3.63) is 82.6 Å². The molecule has 0 saturated heterocycles. The molecule has 0 bridgehead atoms. The molecule has 0 aliphatic carbocycles. The monoisotopic (exact) mass is 386 g/mol. The zero-order valence-electron chi connectivity index (χ0n) is 15.6. The van der Waals surface area contributed by atoms with Gasteiger partial charge in [-0.05, 0) is 41.1 Å². The number of hydrazone groups is 1. The molecule has 29 heavy (non-hydrogen) atoms. The van der Waals surface area contributed by atoms with Crippen molar-refractivity contribution < 1.29 is 9.84 Å². The highest BCUT2D eigenvalue weighted by atomic mass is 16.5. The zero-order valence-corrected chi connectivity index (χ0v) is 15.6. The molecule has 144 valence electrons. The molecule has 3 aromatic carbocycles. The van der Waals surface area contributed by atoms with Crippen LogP contribution in [0, 0.1) is 0 Å². The summed E-state index contributed by atoms with van der Waals surface area (Å²) in [5, 5.41) is 16.2. The number of H-pyrrole nitrogens is 1.